The Labute approximate surface area is 151 Å². The molecule has 1 aromatic heterocycles. The van der Waals surface area contributed by atoms with Crippen LogP contribution in [0.1, 0.15) is 37.2 Å². The van der Waals surface area contributed by atoms with Gasteiger partial charge >= 0.3 is 6.55 Å². The zero-order valence-electron chi connectivity index (χ0n) is 14.8. The Kier molecular flexibility index (Phi) is 5.30. The molecular weight excluding hydrogens is 336 g/mol. The molecule has 4 nitrogen and oxygen atoms in total. The fraction of sp³-hybridized carbons (Fsp3) is 0.300. The Morgan fingerprint density at radius 3 is 2.42 bits per heavy atom. The van der Waals surface area contributed by atoms with E-state index in [1.54, 1.807) is 31.3 Å². The van der Waals surface area contributed by atoms with Crippen LogP contribution < -0.4 is 0 Å². The first-order valence-electron chi connectivity index (χ1n) is 8.56. The van der Waals surface area contributed by atoms with Gasteiger partial charge in [-0.3, -0.25) is 9.36 Å². The Morgan fingerprint density at radius 1 is 1.12 bits per heavy atom. The van der Waals surface area contributed by atoms with Crippen LogP contribution in [0.4, 0.5) is 8.78 Å². The molecule has 2 aromatic carbocycles. The first-order valence-corrected chi connectivity index (χ1v) is 8.56. The van der Waals surface area contributed by atoms with Gasteiger partial charge in [-0.2, -0.15) is 8.78 Å². The van der Waals surface area contributed by atoms with Crippen LogP contribution in [0.15, 0.2) is 54.6 Å². The van der Waals surface area contributed by atoms with Crippen molar-refractivity contribution >= 4 is 16.9 Å². The van der Waals surface area contributed by atoms with Crippen molar-refractivity contribution < 1.29 is 13.6 Å². The molecule has 0 saturated carbocycles. The number of carbonyl (C=O) groups is 1. The Balaban J connectivity index is 1.87. The van der Waals surface area contributed by atoms with Gasteiger partial charge in [0.05, 0.1) is 23.5 Å². The number of hydrogen-bond acceptors (Lipinski definition) is 2. The lowest BCUT2D eigenvalue weighted by atomic mass is 9.95. The van der Waals surface area contributed by atoms with Crippen molar-refractivity contribution in [1.82, 2.24) is 14.5 Å². The van der Waals surface area contributed by atoms with Crippen molar-refractivity contribution in [3.63, 3.8) is 0 Å². The second-order valence-corrected chi connectivity index (χ2v) is 6.23. The van der Waals surface area contributed by atoms with Crippen LogP contribution in [-0.4, -0.2) is 27.4 Å². The average Bonchev–Trinajstić information content (AvgIpc) is 3.01. The maximum absolute atomic E-state index is 13.6. The smallest absolute Gasteiger partial charge is 0.320 e. The normalized spacial score (nSPS) is 12.5. The van der Waals surface area contributed by atoms with E-state index in [1.807, 2.05) is 37.3 Å². The van der Waals surface area contributed by atoms with Gasteiger partial charge in [-0.1, -0.05) is 49.4 Å². The number of amides is 1. The molecule has 0 fully saturated rings. The number of imidazole rings is 1. The predicted molar refractivity (Wildman–Crippen MR) is 96.9 cm³/mol. The van der Waals surface area contributed by atoms with Crippen molar-refractivity contribution in [2.45, 2.75) is 32.4 Å². The first-order chi connectivity index (χ1) is 12.5. The molecule has 0 N–H and O–H groups in total. The molecule has 0 saturated heterocycles. The highest BCUT2D eigenvalue weighted by molar-refractivity contribution is 5.83. The van der Waals surface area contributed by atoms with Gasteiger partial charge in [-0.15, -0.1) is 0 Å². The van der Waals surface area contributed by atoms with E-state index in [1.165, 1.54) is 4.90 Å². The number of para-hydroxylation sites is 2. The first kappa shape index (κ1) is 18.0. The van der Waals surface area contributed by atoms with Crippen molar-refractivity contribution in [3.8, 4) is 0 Å². The van der Waals surface area contributed by atoms with Gasteiger partial charge in [-0.25, -0.2) is 4.98 Å². The topological polar surface area (TPSA) is 38.1 Å². The third-order valence-corrected chi connectivity index (χ3v) is 4.53. The number of aromatic nitrogens is 2. The number of rotatable bonds is 6. The predicted octanol–water partition coefficient (Wildman–Crippen LogP) is 4.58. The molecule has 0 aliphatic heterocycles. The van der Waals surface area contributed by atoms with Crippen LogP contribution in [-0.2, 0) is 11.3 Å². The van der Waals surface area contributed by atoms with Crippen molar-refractivity contribution in [1.29, 1.82) is 0 Å². The zero-order chi connectivity index (χ0) is 18.7. The molecule has 1 atom stereocenters. The van der Waals surface area contributed by atoms with Crippen LogP contribution in [0.2, 0.25) is 0 Å². The summed E-state index contributed by atoms with van der Waals surface area (Å²) in [5, 5.41) is 0. The number of likely N-dealkylation sites (N-methyl/N-ethyl adjacent to an activating group) is 1. The minimum Gasteiger partial charge on any atom is -0.338 e. The number of hydrogen-bond donors (Lipinski definition) is 0. The third-order valence-electron chi connectivity index (χ3n) is 4.53. The van der Waals surface area contributed by atoms with Gasteiger partial charge in [0.15, 0.2) is 0 Å². The summed E-state index contributed by atoms with van der Waals surface area (Å²) in [5.41, 5.74) is 1.79. The summed E-state index contributed by atoms with van der Waals surface area (Å²) in [4.78, 5) is 18.7. The molecule has 26 heavy (non-hydrogen) atoms. The molecule has 0 unspecified atom stereocenters. The molecule has 0 aliphatic rings. The van der Waals surface area contributed by atoms with Gasteiger partial charge < -0.3 is 4.90 Å². The highest BCUT2D eigenvalue weighted by atomic mass is 19.3. The van der Waals surface area contributed by atoms with E-state index in [2.05, 4.69) is 4.98 Å². The van der Waals surface area contributed by atoms with Crippen molar-refractivity contribution in [2.24, 2.45) is 0 Å². The monoisotopic (exact) mass is 357 g/mol. The number of carbonyl (C=O) groups excluding carboxylic acids is 1. The lowest BCUT2D eigenvalue weighted by Crippen LogP contribution is -2.32. The lowest BCUT2D eigenvalue weighted by molar-refractivity contribution is -0.132. The summed E-state index contributed by atoms with van der Waals surface area (Å²) < 4.78 is 28.0. The standard InChI is InChI=1S/C20H21F2N3O/c1-3-15(14-9-5-4-6-10-14)19(26)24(2)13-18-23-16-11-7-8-12-17(16)25(18)20(21)22/h4-12,15,20H,3,13H2,1-2H3/t15-/m1/s1. The number of nitrogens with zero attached hydrogens (tertiary/aromatic N) is 3. The molecule has 1 amide bonds. The molecular formula is C20H21F2N3O. The second-order valence-electron chi connectivity index (χ2n) is 6.23. The molecule has 0 bridgehead atoms. The molecule has 0 radical (unpaired) electrons. The van der Waals surface area contributed by atoms with Gasteiger partial charge in [-0.05, 0) is 24.1 Å². The second kappa shape index (κ2) is 7.64. The minimum absolute atomic E-state index is 0.0290. The minimum atomic E-state index is -2.71. The highest BCUT2D eigenvalue weighted by Crippen LogP contribution is 2.26. The number of alkyl halides is 2. The Hall–Kier alpha value is -2.76. The van der Waals surface area contributed by atoms with E-state index < -0.39 is 6.55 Å². The van der Waals surface area contributed by atoms with Gasteiger partial charge in [0.1, 0.15) is 5.82 Å². The van der Waals surface area contributed by atoms with E-state index in [-0.39, 0.29) is 24.2 Å². The lowest BCUT2D eigenvalue weighted by Gasteiger charge is -2.23. The summed E-state index contributed by atoms with van der Waals surface area (Å²) >= 11 is 0. The van der Waals surface area contributed by atoms with Crippen LogP contribution in [0, 0.1) is 0 Å². The fourth-order valence-corrected chi connectivity index (χ4v) is 3.22. The summed E-state index contributed by atoms with van der Waals surface area (Å²) in [6.45, 7) is -0.740. The molecule has 1 heterocycles. The van der Waals surface area contributed by atoms with E-state index in [9.17, 15) is 13.6 Å². The SMILES string of the molecule is CC[C@@H](C(=O)N(C)Cc1nc2ccccc2n1C(F)F)c1ccccc1. The fourth-order valence-electron chi connectivity index (χ4n) is 3.22. The van der Waals surface area contributed by atoms with Crippen LogP contribution in [0.3, 0.4) is 0 Å². The number of halogens is 2. The summed E-state index contributed by atoms with van der Waals surface area (Å²) in [5.74, 6) is -0.225. The number of fused-ring (bicyclic) bond motifs is 1. The van der Waals surface area contributed by atoms with E-state index in [0.29, 0.717) is 17.5 Å². The molecule has 0 spiro atoms. The molecule has 0 aliphatic carbocycles. The van der Waals surface area contributed by atoms with E-state index in [0.717, 1.165) is 10.1 Å². The zero-order valence-corrected chi connectivity index (χ0v) is 14.8. The Bertz CT molecular complexity index is 892. The molecule has 6 heteroatoms. The third kappa shape index (κ3) is 3.45. The van der Waals surface area contributed by atoms with Gasteiger partial charge in [0.25, 0.3) is 0 Å². The highest BCUT2D eigenvalue weighted by Gasteiger charge is 2.25. The van der Waals surface area contributed by atoms with Crippen molar-refractivity contribution in [2.75, 3.05) is 7.05 Å². The van der Waals surface area contributed by atoms with Crippen LogP contribution in [0.5, 0.6) is 0 Å². The maximum atomic E-state index is 13.6. The Morgan fingerprint density at radius 2 is 1.77 bits per heavy atom. The molecule has 3 aromatic rings. The van der Waals surface area contributed by atoms with Crippen LogP contribution in [0.25, 0.3) is 11.0 Å². The summed E-state index contributed by atoms with van der Waals surface area (Å²) in [7, 11) is 1.63. The maximum Gasteiger partial charge on any atom is 0.320 e. The molecule has 3 rings (SSSR count). The quantitative estimate of drug-likeness (QED) is 0.647. The van der Waals surface area contributed by atoms with Crippen molar-refractivity contribution in [3.05, 3.63) is 66.0 Å². The molecule has 136 valence electrons. The number of benzene rings is 2. The van der Waals surface area contributed by atoms with Crippen LogP contribution >= 0.6 is 0 Å². The van der Waals surface area contributed by atoms with Gasteiger partial charge in [0.2, 0.25) is 5.91 Å². The average molecular weight is 357 g/mol. The largest absolute Gasteiger partial charge is 0.338 e. The summed E-state index contributed by atoms with van der Waals surface area (Å²) in [6, 6.07) is 16.3. The van der Waals surface area contributed by atoms with E-state index >= 15 is 0 Å². The van der Waals surface area contributed by atoms with Gasteiger partial charge in [0, 0.05) is 7.05 Å². The van der Waals surface area contributed by atoms with E-state index in [4.69, 9.17) is 0 Å². The summed E-state index contributed by atoms with van der Waals surface area (Å²) in [6.07, 6.45) is 0.637.